The summed E-state index contributed by atoms with van der Waals surface area (Å²) in [6, 6.07) is 12.0. The Labute approximate surface area is 148 Å². The number of urea groups is 1. The van der Waals surface area contributed by atoms with E-state index in [1.54, 1.807) is 37.3 Å². The quantitative estimate of drug-likeness (QED) is 0.515. The van der Waals surface area contributed by atoms with E-state index in [1.165, 1.54) is 18.2 Å². The van der Waals surface area contributed by atoms with Gasteiger partial charge in [-0.25, -0.2) is 4.79 Å². The summed E-state index contributed by atoms with van der Waals surface area (Å²) >= 11 is 6.17. The SMILES string of the molecule is C[C@]1(c2ccccc2Cl)NC(=O)N(Cc2cccc([N+](=O)[O-])c2)C1=O. The molecule has 1 aliphatic rings. The third kappa shape index (κ3) is 2.94. The molecule has 3 amide bonds. The Balaban J connectivity index is 1.91. The van der Waals surface area contributed by atoms with E-state index in [4.69, 9.17) is 11.6 Å². The number of rotatable bonds is 4. The number of nitrogens with one attached hydrogen (secondary N) is 1. The number of benzene rings is 2. The highest BCUT2D eigenvalue weighted by atomic mass is 35.5. The summed E-state index contributed by atoms with van der Waals surface area (Å²) in [5.41, 5.74) is -0.396. The summed E-state index contributed by atoms with van der Waals surface area (Å²) in [5, 5.41) is 13.9. The summed E-state index contributed by atoms with van der Waals surface area (Å²) in [7, 11) is 0. The van der Waals surface area contributed by atoms with Crippen molar-refractivity contribution < 1.29 is 14.5 Å². The van der Waals surface area contributed by atoms with Gasteiger partial charge in [-0.15, -0.1) is 0 Å². The van der Waals surface area contributed by atoms with E-state index in [0.29, 0.717) is 16.1 Å². The molecule has 0 aliphatic carbocycles. The first-order valence-electron chi connectivity index (χ1n) is 7.45. The van der Waals surface area contributed by atoms with Crippen LogP contribution in [0, 0.1) is 10.1 Å². The minimum atomic E-state index is -1.28. The zero-order valence-electron chi connectivity index (χ0n) is 13.2. The molecule has 0 saturated carbocycles. The molecule has 1 aliphatic heterocycles. The average Bonchev–Trinajstić information content (AvgIpc) is 2.79. The number of hydrogen-bond acceptors (Lipinski definition) is 4. The van der Waals surface area contributed by atoms with Crippen LogP contribution in [0.1, 0.15) is 18.1 Å². The van der Waals surface area contributed by atoms with Crippen molar-refractivity contribution in [1.82, 2.24) is 10.2 Å². The van der Waals surface area contributed by atoms with Gasteiger partial charge in [0.05, 0.1) is 11.5 Å². The van der Waals surface area contributed by atoms with Crippen molar-refractivity contribution in [2.45, 2.75) is 19.0 Å². The Morgan fingerprint density at radius 1 is 1.20 bits per heavy atom. The fourth-order valence-electron chi connectivity index (χ4n) is 2.84. The fourth-order valence-corrected chi connectivity index (χ4v) is 3.17. The monoisotopic (exact) mass is 359 g/mol. The van der Waals surface area contributed by atoms with Crippen molar-refractivity contribution in [1.29, 1.82) is 0 Å². The van der Waals surface area contributed by atoms with Crippen molar-refractivity contribution in [3.8, 4) is 0 Å². The van der Waals surface area contributed by atoms with Gasteiger partial charge in [-0.3, -0.25) is 19.8 Å². The van der Waals surface area contributed by atoms with Gasteiger partial charge in [0.2, 0.25) is 0 Å². The lowest BCUT2D eigenvalue weighted by Crippen LogP contribution is -2.41. The van der Waals surface area contributed by atoms with Crippen LogP contribution in [-0.4, -0.2) is 21.8 Å². The third-order valence-corrected chi connectivity index (χ3v) is 4.48. The molecule has 2 aromatic carbocycles. The van der Waals surface area contributed by atoms with Gasteiger partial charge in [-0.1, -0.05) is 41.9 Å². The number of nitro groups is 1. The molecule has 8 heteroatoms. The first-order valence-corrected chi connectivity index (χ1v) is 7.83. The largest absolute Gasteiger partial charge is 0.325 e. The van der Waals surface area contributed by atoms with E-state index in [-0.39, 0.29) is 12.2 Å². The van der Waals surface area contributed by atoms with Gasteiger partial charge in [0.1, 0.15) is 5.54 Å². The smallest absolute Gasteiger partial charge is 0.319 e. The molecule has 0 bridgehead atoms. The topological polar surface area (TPSA) is 92.6 Å². The van der Waals surface area contributed by atoms with Crippen LogP contribution in [-0.2, 0) is 16.9 Å². The normalized spacial score (nSPS) is 19.8. The Morgan fingerprint density at radius 3 is 2.60 bits per heavy atom. The maximum Gasteiger partial charge on any atom is 0.325 e. The predicted molar refractivity (Wildman–Crippen MR) is 91.0 cm³/mol. The van der Waals surface area contributed by atoms with Crippen molar-refractivity contribution in [3.63, 3.8) is 0 Å². The maximum absolute atomic E-state index is 12.9. The zero-order valence-corrected chi connectivity index (χ0v) is 14.0. The number of carbonyl (C=O) groups is 2. The summed E-state index contributed by atoms with van der Waals surface area (Å²) in [6.45, 7) is 1.52. The van der Waals surface area contributed by atoms with Gasteiger partial charge in [-0.05, 0) is 18.6 Å². The van der Waals surface area contributed by atoms with Crippen LogP contribution in [0.4, 0.5) is 10.5 Å². The number of non-ortho nitro benzene ring substituents is 1. The van der Waals surface area contributed by atoms with Crippen LogP contribution in [0.25, 0.3) is 0 Å². The molecular weight excluding hydrogens is 346 g/mol. The number of nitrogens with zero attached hydrogens (tertiary/aromatic N) is 2. The van der Waals surface area contributed by atoms with Crippen molar-refractivity contribution in [2.75, 3.05) is 0 Å². The molecule has 1 saturated heterocycles. The molecule has 0 spiro atoms. The van der Waals surface area contributed by atoms with E-state index in [9.17, 15) is 19.7 Å². The summed E-state index contributed by atoms with van der Waals surface area (Å²) in [4.78, 5) is 36.6. The highest BCUT2D eigenvalue weighted by Gasteiger charge is 2.49. The molecule has 0 radical (unpaired) electrons. The maximum atomic E-state index is 12.9. The lowest BCUT2D eigenvalue weighted by Gasteiger charge is -2.23. The van der Waals surface area contributed by atoms with E-state index in [0.717, 1.165) is 4.90 Å². The second-order valence-electron chi connectivity index (χ2n) is 5.85. The van der Waals surface area contributed by atoms with Crippen LogP contribution >= 0.6 is 11.6 Å². The highest BCUT2D eigenvalue weighted by Crippen LogP contribution is 2.34. The number of nitro benzene ring substituents is 1. The third-order valence-electron chi connectivity index (χ3n) is 4.15. The number of carbonyl (C=O) groups excluding carboxylic acids is 2. The summed E-state index contributed by atoms with van der Waals surface area (Å²) in [5.74, 6) is -0.461. The second-order valence-corrected chi connectivity index (χ2v) is 6.26. The van der Waals surface area contributed by atoms with Gasteiger partial charge < -0.3 is 5.32 Å². The Hall–Kier alpha value is -2.93. The molecule has 1 atom stereocenters. The van der Waals surface area contributed by atoms with Crippen LogP contribution in [0.5, 0.6) is 0 Å². The summed E-state index contributed by atoms with van der Waals surface area (Å²) < 4.78 is 0. The molecule has 25 heavy (non-hydrogen) atoms. The summed E-state index contributed by atoms with van der Waals surface area (Å²) in [6.07, 6.45) is 0. The predicted octanol–water partition coefficient (Wildman–Crippen LogP) is 3.22. The van der Waals surface area contributed by atoms with Crippen LogP contribution < -0.4 is 5.32 Å². The number of imide groups is 1. The first kappa shape index (κ1) is 16.9. The van der Waals surface area contributed by atoms with E-state index < -0.39 is 22.4 Å². The standard InChI is InChI=1S/C17H14ClN3O4/c1-17(13-7-2-3-8-14(13)18)15(22)20(16(23)19-17)10-11-5-4-6-12(9-11)21(24)25/h2-9H,10H2,1H3,(H,19,23)/t17-/m1/s1. The Bertz CT molecular complexity index is 886. The highest BCUT2D eigenvalue weighted by molar-refractivity contribution is 6.32. The molecule has 2 aromatic rings. The van der Waals surface area contributed by atoms with Gasteiger partial charge in [-0.2, -0.15) is 0 Å². The average molecular weight is 360 g/mol. The van der Waals surface area contributed by atoms with Crippen molar-refractivity contribution in [2.24, 2.45) is 0 Å². The lowest BCUT2D eigenvalue weighted by molar-refractivity contribution is -0.384. The van der Waals surface area contributed by atoms with E-state index in [2.05, 4.69) is 5.32 Å². The number of amides is 3. The lowest BCUT2D eigenvalue weighted by atomic mass is 9.92. The minimum absolute atomic E-state index is 0.0631. The Morgan fingerprint density at radius 2 is 1.92 bits per heavy atom. The molecular formula is C17H14ClN3O4. The van der Waals surface area contributed by atoms with E-state index in [1.807, 2.05) is 0 Å². The minimum Gasteiger partial charge on any atom is -0.319 e. The molecule has 3 rings (SSSR count). The Kier molecular flexibility index (Phi) is 4.18. The molecule has 0 unspecified atom stereocenters. The molecule has 7 nitrogen and oxygen atoms in total. The number of hydrogen-bond donors (Lipinski definition) is 1. The van der Waals surface area contributed by atoms with Gasteiger partial charge in [0.25, 0.3) is 11.6 Å². The zero-order chi connectivity index (χ0) is 18.2. The van der Waals surface area contributed by atoms with Crippen LogP contribution in [0.15, 0.2) is 48.5 Å². The van der Waals surface area contributed by atoms with Gasteiger partial charge in [0, 0.05) is 22.7 Å². The molecule has 1 N–H and O–H groups in total. The fraction of sp³-hybridized carbons (Fsp3) is 0.176. The molecule has 128 valence electrons. The molecule has 1 fully saturated rings. The van der Waals surface area contributed by atoms with Gasteiger partial charge in [0.15, 0.2) is 0 Å². The second kappa shape index (κ2) is 6.18. The molecule has 1 heterocycles. The van der Waals surface area contributed by atoms with Crippen LogP contribution in [0.2, 0.25) is 5.02 Å². The van der Waals surface area contributed by atoms with Gasteiger partial charge >= 0.3 is 6.03 Å². The molecule has 0 aromatic heterocycles. The van der Waals surface area contributed by atoms with E-state index >= 15 is 0 Å². The number of halogens is 1. The first-order chi connectivity index (χ1) is 11.8. The van der Waals surface area contributed by atoms with Crippen molar-refractivity contribution >= 4 is 29.2 Å². The van der Waals surface area contributed by atoms with Crippen LogP contribution in [0.3, 0.4) is 0 Å². The van der Waals surface area contributed by atoms with Crippen molar-refractivity contribution in [3.05, 3.63) is 74.8 Å².